The Balaban J connectivity index is 1.49. The molecule has 156 valence electrons. The Kier molecular flexibility index (Phi) is 3.99. The van der Waals surface area contributed by atoms with Crippen LogP contribution in [0, 0.1) is 34.0 Å². The van der Waals surface area contributed by atoms with Crippen LogP contribution in [0.3, 0.4) is 0 Å². The third-order valence-electron chi connectivity index (χ3n) is 9.60. The second-order valence-electron chi connectivity index (χ2n) is 10.7. The van der Waals surface area contributed by atoms with E-state index in [1.807, 2.05) is 0 Å². The zero-order valence-corrected chi connectivity index (χ0v) is 18.1. The molecule has 5 nitrogen and oxygen atoms in total. The van der Waals surface area contributed by atoms with Crippen LogP contribution in [0.2, 0.25) is 0 Å². The summed E-state index contributed by atoms with van der Waals surface area (Å²) in [6.45, 7) is 5.09. The number of carbonyl (C=O) groups is 1. The van der Waals surface area contributed by atoms with Crippen LogP contribution < -0.4 is 0 Å². The molecule has 0 radical (unpaired) electrons. The quantitative estimate of drug-likeness (QED) is 0.673. The van der Waals surface area contributed by atoms with Gasteiger partial charge in [0.1, 0.15) is 0 Å². The first-order chi connectivity index (χ1) is 13.2. The predicted molar refractivity (Wildman–Crippen MR) is 107 cm³/mol. The molecule has 28 heavy (non-hydrogen) atoms. The van der Waals surface area contributed by atoms with Gasteiger partial charge in [0.05, 0.1) is 18.4 Å². The number of nitrogens with zero attached hydrogens (tertiary/aromatic N) is 1. The van der Waals surface area contributed by atoms with Crippen molar-refractivity contribution < 1.29 is 17.9 Å². The molecule has 4 fully saturated rings. The fraction of sp³-hybridized carbons (Fsp3) is 0.864. The van der Waals surface area contributed by atoms with Crippen molar-refractivity contribution >= 4 is 15.9 Å². The summed E-state index contributed by atoms with van der Waals surface area (Å²) in [4.78, 5) is 13.8. The fourth-order valence-corrected chi connectivity index (χ4v) is 10.6. The molecule has 1 heterocycles. The van der Waals surface area contributed by atoms with E-state index in [1.165, 1.54) is 4.31 Å². The van der Waals surface area contributed by atoms with E-state index in [-0.39, 0.29) is 45.8 Å². The van der Waals surface area contributed by atoms with Gasteiger partial charge in [-0.3, -0.25) is 4.79 Å². The normalized spacial score (nSPS) is 47.3. The Hall–Kier alpha value is -0.880. The highest BCUT2D eigenvalue weighted by molar-refractivity contribution is 7.90. The van der Waals surface area contributed by atoms with Crippen LogP contribution in [-0.2, 0) is 19.6 Å². The van der Waals surface area contributed by atoms with E-state index in [4.69, 9.17) is 4.74 Å². The largest absolute Gasteiger partial charge is 0.384 e. The third-order valence-corrected chi connectivity index (χ3v) is 11.5. The molecule has 4 aliphatic carbocycles. The summed E-state index contributed by atoms with van der Waals surface area (Å²) >= 11 is 0. The van der Waals surface area contributed by atoms with Gasteiger partial charge in [0.25, 0.3) is 0 Å². The van der Waals surface area contributed by atoms with E-state index >= 15 is 0 Å². The number of carbonyl (C=O) groups excluding carboxylic acids is 1. The van der Waals surface area contributed by atoms with E-state index in [9.17, 15) is 13.2 Å². The summed E-state index contributed by atoms with van der Waals surface area (Å²) in [7, 11) is -1.82. The van der Waals surface area contributed by atoms with Gasteiger partial charge in [0.2, 0.25) is 15.9 Å². The minimum atomic E-state index is -3.53. The van der Waals surface area contributed by atoms with Gasteiger partial charge in [-0.15, -0.1) is 0 Å². The molecule has 6 heteroatoms. The standard InChI is InChI=1S/C22H33NO4S/c1-20(2)15-7-11-22(20)14-28(25,26)23(18(22)12-15)19(24)16-8-10-21(13-27-3)9-5-4-6-17(16)21/h5,9,15-18H,4,6-8,10-14H2,1-3H3/t15-,16+,17-,18-,21+,22-/m1/s1. The molecule has 1 spiro atoms. The molecular formula is C22H33NO4S. The lowest BCUT2D eigenvalue weighted by Gasteiger charge is -2.39. The molecule has 1 saturated heterocycles. The predicted octanol–water partition coefficient (Wildman–Crippen LogP) is 3.36. The number of methoxy groups -OCH3 is 1. The minimum Gasteiger partial charge on any atom is -0.384 e. The summed E-state index contributed by atoms with van der Waals surface area (Å²) in [5, 5.41) is 0. The molecule has 2 bridgehead atoms. The lowest BCUT2D eigenvalue weighted by atomic mass is 9.68. The third kappa shape index (κ3) is 2.17. The van der Waals surface area contributed by atoms with Gasteiger partial charge in [-0.05, 0) is 62.2 Å². The molecule has 0 aromatic heterocycles. The summed E-state index contributed by atoms with van der Waals surface area (Å²) < 4.78 is 33.5. The van der Waals surface area contributed by atoms with Gasteiger partial charge < -0.3 is 4.74 Å². The molecule has 0 aromatic rings. The van der Waals surface area contributed by atoms with Crippen molar-refractivity contribution in [2.24, 2.45) is 34.0 Å². The van der Waals surface area contributed by atoms with Crippen LogP contribution in [0.4, 0.5) is 0 Å². The summed E-state index contributed by atoms with van der Waals surface area (Å²) in [6.07, 6.45) is 11.0. The number of sulfonamides is 1. The van der Waals surface area contributed by atoms with E-state index in [0.29, 0.717) is 12.5 Å². The first-order valence-electron chi connectivity index (χ1n) is 10.9. The van der Waals surface area contributed by atoms with Crippen LogP contribution in [0.1, 0.15) is 58.8 Å². The van der Waals surface area contributed by atoms with Gasteiger partial charge >= 0.3 is 0 Å². The van der Waals surface area contributed by atoms with Crippen molar-refractivity contribution in [2.45, 2.75) is 64.8 Å². The maximum atomic E-state index is 13.8. The van der Waals surface area contributed by atoms with Crippen LogP contribution >= 0.6 is 0 Å². The van der Waals surface area contributed by atoms with E-state index in [1.54, 1.807) is 7.11 Å². The fourth-order valence-electron chi connectivity index (χ4n) is 8.03. The van der Waals surface area contributed by atoms with Crippen LogP contribution in [0.5, 0.6) is 0 Å². The Bertz CT molecular complexity index is 833. The van der Waals surface area contributed by atoms with Gasteiger partial charge in [0.15, 0.2) is 0 Å². The molecule has 0 N–H and O–H groups in total. The highest BCUT2D eigenvalue weighted by atomic mass is 32.2. The summed E-state index contributed by atoms with van der Waals surface area (Å²) in [5.74, 6) is 0.608. The van der Waals surface area contributed by atoms with Gasteiger partial charge in [0, 0.05) is 23.9 Å². The number of rotatable bonds is 3. The number of ether oxygens (including phenoxy) is 1. The van der Waals surface area contributed by atoms with Crippen molar-refractivity contribution in [1.29, 1.82) is 0 Å². The van der Waals surface area contributed by atoms with E-state index in [2.05, 4.69) is 26.0 Å². The molecule has 3 saturated carbocycles. The highest BCUT2D eigenvalue weighted by Gasteiger charge is 2.72. The molecule has 1 aliphatic heterocycles. The molecular weight excluding hydrogens is 374 g/mol. The van der Waals surface area contributed by atoms with Gasteiger partial charge in [-0.1, -0.05) is 26.0 Å². The molecule has 5 rings (SSSR count). The number of hydrogen-bond donors (Lipinski definition) is 0. The molecule has 0 unspecified atom stereocenters. The monoisotopic (exact) mass is 407 g/mol. The van der Waals surface area contributed by atoms with Crippen molar-refractivity contribution in [2.75, 3.05) is 19.5 Å². The Morgan fingerprint density at radius 3 is 2.71 bits per heavy atom. The van der Waals surface area contributed by atoms with Crippen LogP contribution in [0.15, 0.2) is 12.2 Å². The smallest absolute Gasteiger partial charge is 0.239 e. The lowest BCUT2D eigenvalue weighted by molar-refractivity contribution is -0.135. The minimum absolute atomic E-state index is 0.00281. The number of hydrogen-bond acceptors (Lipinski definition) is 4. The first kappa shape index (κ1) is 19.1. The molecule has 0 aromatic carbocycles. The Morgan fingerprint density at radius 2 is 2.00 bits per heavy atom. The highest BCUT2D eigenvalue weighted by Crippen LogP contribution is 2.70. The summed E-state index contributed by atoms with van der Waals surface area (Å²) in [5.41, 5.74) is -0.327. The zero-order valence-electron chi connectivity index (χ0n) is 17.3. The molecule has 5 aliphatic rings. The van der Waals surface area contributed by atoms with Crippen molar-refractivity contribution in [3.05, 3.63) is 12.2 Å². The van der Waals surface area contributed by atoms with Gasteiger partial charge in [-0.25, -0.2) is 12.7 Å². The first-order valence-corrected chi connectivity index (χ1v) is 12.5. The molecule has 6 atom stereocenters. The van der Waals surface area contributed by atoms with Crippen molar-refractivity contribution in [3.63, 3.8) is 0 Å². The maximum absolute atomic E-state index is 13.8. The van der Waals surface area contributed by atoms with Crippen LogP contribution in [-0.4, -0.2) is 44.1 Å². The Morgan fingerprint density at radius 1 is 1.21 bits per heavy atom. The lowest BCUT2D eigenvalue weighted by Crippen LogP contribution is -2.48. The average Bonchev–Trinajstić information content (AvgIpc) is 3.25. The number of amides is 1. The topological polar surface area (TPSA) is 63.7 Å². The zero-order chi connectivity index (χ0) is 19.9. The average molecular weight is 408 g/mol. The van der Waals surface area contributed by atoms with Gasteiger partial charge in [-0.2, -0.15) is 0 Å². The van der Waals surface area contributed by atoms with Crippen molar-refractivity contribution in [1.82, 2.24) is 4.31 Å². The van der Waals surface area contributed by atoms with E-state index in [0.717, 1.165) is 44.9 Å². The second kappa shape index (κ2) is 5.84. The molecule has 1 amide bonds. The maximum Gasteiger partial charge on any atom is 0.239 e. The summed E-state index contributed by atoms with van der Waals surface area (Å²) in [6, 6.07) is -0.115. The number of allylic oxidation sites excluding steroid dienone is 1. The van der Waals surface area contributed by atoms with E-state index < -0.39 is 10.0 Å². The van der Waals surface area contributed by atoms with Crippen molar-refractivity contribution in [3.8, 4) is 0 Å². The second-order valence-corrected chi connectivity index (χ2v) is 12.5. The number of fused-ring (bicyclic) bond motifs is 2. The Labute approximate surface area is 168 Å². The van der Waals surface area contributed by atoms with Crippen LogP contribution in [0.25, 0.3) is 0 Å². The SMILES string of the molecule is COC[C@@]12C=CCC[C@@H]1[C@@H](C(=O)N1[C@@H]3C[C@H]4CC[C@]3(CS1(=O)=O)C4(C)C)CC2.